The molecule has 1 unspecified atom stereocenters. The minimum atomic E-state index is -0.272. The highest BCUT2D eigenvalue weighted by Crippen LogP contribution is 2.46. The summed E-state index contributed by atoms with van der Waals surface area (Å²) in [5.74, 6) is 0.300. The molecule has 180 valence electrons. The molecule has 1 N–H and O–H groups in total. The third-order valence-corrected chi connectivity index (χ3v) is 7.67. The highest BCUT2D eigenvalue weighted by Gasteiger charge is 2.31. The second-order valence-electron chi connectivity index (χ2n) is 10.2. The number of hydrogen-bond donors (Lipinski definition) is 1. The van der Waals surface area contributed by atoms with Crippen molar-refractivity contribution in [1.29, 1.82) is 0 Å². The molecule has 34 heavy (non-hydrogen) atoms. The van der Waals surface area contributed by atoms with E-state index in [9.17, 15) is 4.79 Å². The first-order valence-electron chi connectivity index (χ1n) is 12.8. The van der Waals surface area contributed by atoms with Gasteiger partial charge in [-0.1, -0.05) is 49.6 Å². The lowest BCUT2D eigenvalue weighted by Crippen LogP contribution is -2.38. The van der Waals surface area contributed by atoms with Crippen LogP contribution in [-0.2, 0) is 17.7 Å². The Hall–Kier alpha value is -2.63. The summed E-state index contributed by atoms with van der Waals surface area (Å²) in [6.45, 7) is 2.86. The fraction of sp³-hybridized carbons (Fsp3) is 0.483. The fourth-order valence-corrected chi connectivity index (χ4v) is 6.01. The van der Waals surface area contributed by atoms with Crippen LogP contribution in [0.15, 0.2) is 42.5 Å². The number of ether oxygens (including phenoxy) is 1. The van der Waals surface area contributed by atoms with Crippen molar-refractivity contribution in [2.75, 3.05) is 34.3 Å². The summed E-state index contributed by atoms with van der Waals surface area (Å²) in [5, 5.41) is 5.13. The number of carbonyl (C=O) groups excluding carboxylic acids is 1. The Kier molecular flexibility index (Phi) is 6.75. The van der Waals surface area contributed by atoms with E-state index < -0.39 is 0 Å². The molecule has 2 aliphatic rings. The van der Waals surface area contributed by atoms with Crippen LogP contribution in [0, 0.1) is 0 Å². The number of esters is 1. The monoisotopic (exact) mass is 459 g/mol. The molecule has 5 heteroatoms. The number of nitrogens with zero attached hydrogens (tertiary/aromatic N) is 2. The summed E-state index contributed by atoms with van der Waals surface area (Å²) in [6.07, 6.45) is 7.44. The first-order chi connectivity index (χ1) is 16.6. The van der Waals surface area contributed by atoms with Gasteiger partial charge in [-0.15, -0.1) is 0 Å². The Morgan fingerprint density at radius 3 is 2.68 bits per heavy atom. The van der Waals surface area contributed by atoms with Crippen molar-refractivity contribution < 1.29 is 9.53 Å². The molecular weight excluding hydrogens is 422 g/mol. The number of fused-ring (bicyclic) bond motifs is 5. The number of aromatic nitrogens is 1. The summed E-state index contributed by atoms with van der Waals surface area (Å²) in [4.78, 5) is 14.6. The van der Waals surface area contributed by atoms with Crippen LogP contribution in [0.3, 0.4) is 0 Å². The van der Waals surface area contributed by atoms with Crippen molar-refractivity contribution >= 4 is 16.9 Å². The summed E-state index contributed by atoms with van der Waals surface area (Å²) >= 11 is 0. The SMILES string of the molecule is COC(=O)c1ccc2c(C3CCCCC3)c3n(c2c1)CC(NCCN(C)C)Cc1ccccc1-3. The lowest BCUT2D eigenvalue weighted by atomic mass is 9.81. The minimum absolute atomic E-state index is 0.272. The van der Waals surface area contributed by atoms with Crippen LogP contribution in [0.2, 0.25) is 0 Å². The number of likely N-dealkylation sites (N-methyl/N-ethyl adjacent to an activating group) is 1. The Labute approximate surface area is 203 Å². The number of hydrogen-bond acceptors (Lipinski definition) is 4. The average molecular weight is 460 g/mol. The van der Waals surface area contributed by atoms with Gasteiger partial charge in [0.15, 0.2) is 0 Å². The van der Waals surface area contributed by atoms with E-state index in [4.69, 9.17) is 4.74 Å². The van der Waals surface area contributed by atoms with E-state index in [1.807, 2.05) is 6.07 Å². The van der Waals surface area contributed by atoms with Crippen LogP contribution in [0.25, 0.3) is 22.2 Å². The minimum Gasteiger partial charge on any atom is -0.465 e. The predicted molar refractivity (Wildman–Crippen MR) is 139 cm³/mol. The summed E-state index contributed by atoms with van der Waals surface area (Å²) in [6, 6.07) is 15.4. The van der Waals surface area contributed by atoms with Gasteiger partial charge in [0, 0.05) is 42.1 Å². The number of nitrogens with one attached hydrogen (secondary N) is 1. The number of benzene rings is 2. The topological polar surface area (TPSA) is 46.5 Å². The van der Waals surface area contributed by atoms with E-state index in [2.05, 4.69) is 65.3 Å². The molecule has 5 nitrogen and oxygen atoms in total. The fourth-order valence-electron chi connectivity index (χ4n) is 6.01. The number of methoxy groups -OCH3 is 1. The highest BCUT2D eigenvalue weighted by atomic mass is 16.5. The van der Waals surface area contributed by atoms with Gasteiger partial charge < -0.3 is 19.5 Å². The van der Waals surface area contributed by atoms with Crippen molar-refractivity contribution in [1.82, 2.24) is 14.8 Å². The van der Waals surface area contributed by atoms with Gasteiger partial charge in [-0.25, -0.2) is 4.79 Å². The second-order valence-corrected chi connectivity index (χ2v) is 10.2. The highest BCUT2D eigenvalue weighted by molar-refractivity contribution is 5.99. The molecule has 0 saturated heterocycles. The molecule has 5 rings (SSSR count). The van der Waals surface area contributed by atoms with Crippen LogP contribution in [-0.4, -0.2) is 55.8 Å². The average Bonchev–Trinajstić information content (AvgIpc) is 3.07. The zero-order chi connectivity index (χ0) is 23.7. The smallest absolute Gasteiger partial charge is 0.337 e. The Balaban J connectivity index is 1.70. The normalized spacial score (nSPS) is 18.5. The lowest BCUT2D eigenvalue weighted by Gasteiger charge is -2.24. The van der Waals surface area contributed by atoms with E-state index in [0.717, 1.165) is 31.6 Å². The molecule has 1 atom stereocenters. The van der Waals surface area contributed by atoms with E-state index in [-0.39, 0.29) is 5.97 Å². The second kappa shape index (κ2) is 9.93. The largest absolute Gasteiger partial charge is 0.465 e. The van der Waals surface area contributed by atoms with E-state index >= 15 is 0 Å². The molecule has 0 spiro atoms. The van der Waals surface area contributed by atoms with Crippen molar-refractivity contribution in [2.24, 2.45) is 0 Å². The van der Waals surface area contributed by atoms with Crippen molar-refractivity contribution in [2.45, 2.75) is 57.0 Å². The summed E-state index contributed by atoms with van der Waals surface area (Å²) in [5.41, 5.74) is 7.42. The molecule has 1 saturated carbocycles. The summed E-state index contributed by atoms with van der Waals surface area (Å²) < 4.78 is 7.57. The first-order valence-corrected chi connectivity index (χ1v) is 12.8. The summed E-state index contributed by atoms with van der Waals surface area (Å²) in [7, 11) is 5.69. The van der Waals surface area contributed by atoms with Crippen molar-refractivity contribution in [3.63, 3.8) is 0 Å². The van der Waals surface area contributed by atoms with Crippen LogP contribution in [0.1, 0.15) is 59.5 Å². The quantitative estimate of drug-likeness (QED) is 0.514. The molecule has 0 amide bonds. The van der Waals surface area contributed by atoms with Gasteiger partial charge in [0.05, 0.1) is 18.4 Å². The molecule has 0 bridgehead atoms. The maximum Gasteiger partial charge on any atom is 0.337 e. The van der Waals surface area contributed by atoms with Gasteiger partial charge in [0.2, 0.25) is 0 Å². The molecule has 0 radical (unpaired) electrons. The van der Waals surface area contributed by atoms with Crippen LogP contribution >= 0.6 is 0 Å². The number of rotatable bonds is 6. The third kappa shape index (κ3) is 4.39. The zero-order valence-corrected chi connectivity index (χ0v) is 20.8. The molecule has 1 fully saturated rings. The van der Waals surface area contributed by atoms with Gasteiger partial charge in [-0.3, -0.25) is 0 Å². The Morgan fingerprint density at radius 2 is 1.91 bits per heavy atom. The molecular formula is C29H37N3O2. The molecule has 1 aromatic heterocycles. The van der Waals surface area contributed by atoms with Gasteiger partial charge in [0.1, 0.15) is 0 Å². The van der Waals surface area contributed by atoms with Gasteiger partial charge in [-0.05, 0) is 62.5 Å². The molecule has 1 aliphatic carbocycles. The standard InChI is InChI=1S/C29H37N3O2/c1-31(2)16-15-30-23-17-21-11-7-8-12-24(21)28-27(20-9-5-4-6-10-20)25-14-13-22(29(33)34-3)18-26(25)32(28)19-23/h7-8,11-14,18,20,23,30H,4-6,9-10,15-17,19H2,1-3H3. The van der Waals surface area contributed by atoms with E-state index in [1.54, 1.807) is 0 Å². The first kappa shape index (κ1) is 23.1. The third-order valence-electron chi connectivity index (χ3n) is 7.67. The molecule has 2 heterocycles. The molecule has 2 aromatic carbocycles. The maximum atomic E-state index is 12.4. The van der Waals surface area contributed by atoms with Crippen LogP contribution < -0.4 is 5.32 Å². The zero-order valence-electron chi connectivity index (χ0n) is 20.8. The van der Waals surface area contributed by atoms with Crippen molar-refractivity contribution in [3.05, 3.63) is 59.2 Å². The lowest BCUT2D eigenvalue weighted by molar-refractivity contribution is 0.0601. The van der Waals surface area contributed by atoms with E-state index in [0.29, 0.717) is 17.5 Å². The Bertz CT molecular complexity index is 1170. The van der Waals surface area contributed by atoms with Gasteiger partial charge >= 0.3 is 5.97 Å². The number of carbonyl (C=O) groups is 1. The molecule has 3 aromatic rings. The van der Waals surface area contributed by atoms with Gasteiger partial charge in [-0.2, -0.15) is 0 Å². The predicted octanol–water partition coefficient (Wildman–Crippen LogP) is 5.22. The van der Waals surface area contributed by atoms with Gasteiger partial charge in [0.25, 0.3) is 0 Å². The van der Waals surface area contributed by atoms with E-state index in [1.165, 1.54) is 67.0 Å². The maximum absolute atomic E-state index is 12.4. The Morgan fingerprint density at radius 1 is 1.12 bits per heavy atom. The van der Waals surface area contributed by atoms with Crippen molar-refractivity contribution in [3.8, 4) is 11.3 Å². The molecule has 1 aliphatic heterocycles. The van der Waals surface area contributed by atoms with Crippen LogP contribution in [0.5, 0.6) is 0 Å². The van der Waals surface area contributed by atoms with Crippen LogP contribution in [0.4, 0.5) is 0 Å².